The zero-order valence-corrected chi connectivity index (χ0v) is 16.7. The lowest BCUT2D eigenvalue weighted by Crippen LogP contribution is -2.23. The van der Waals surface area contributed by atoms with Gasteiger partial charge in [-0.05, 0) is 72.8 Å². The standard InChI is InChI=1S/C20H14N4.CH6N4.ClH/c1-2-14-10-16-5-6-18(23-16)12-20-8-7-19(24-20)11-17-4-3-15(22-17)9-13(1)21-14;2-1(3)5-4;/h1-12,21-22H;4H2,(H4,2,3,5);1H. The monoisotopic (exact) mass is 420 g/mol. The van der Waals surface area contributed by atoms with Gasteiger partial charge < -0.3 is 27.3 Å². The summed E-state index contributed by atoms with van der Waals surface area (Å²) in [5.74, 6) is 4.42. The van der Waals surface area contributed by atoms with Crippen LogP contribution in [0.25, 0.3) is 46.4 Å². The second-order valence-electron chi connectivity index (χ2n) is 6.46. The molecule has 3 aromatic heterocycles. The molecule has 0 aromatic carbocycles. The van der Waals surface area contributed by atoms with E-state index in [1.165, 1.54) is 0 Å². The third-order valence-corrected chi connectivity index (χ3v) is 4.19. The second kappa shape index (κ2) is 8.97. The number of guanidine groups is 1. The van der Waals surface area contributed by atoms with E-state index >= 15 is 0 Å². The summed E-state index contributed by atoms with van der Waals surface area (Å²) in [7, 11) is 0. The van der Waals surface area contributed by atoms with Crippen LogP contribution in [0.1, 0.15) is 22.8 Å². The molecule has 9 heteroatoms. The van der Waals surface area contributed by atoms with Gasteiger partial charge in [0.2, 0.25) is 5.96 Å². The van der Waals surface area contributed by atoms with Gasteiger partial charge in [-0.1, -0.05) is 0 Å². The van der Waals surface area contributed by atoms with Gasteiger partial charge in [-0.3, -0.25) is 0 Å². The molecule has 0 amide bonds. The van der Waals surface area contributed by atoms with Crippen molar-refractivity contribution < 1.29 is 0 Å². The molecule has 8 nitrogen and oxygen atoms in total. The molecule has 0 saturated heterocycles. The van der Waals surface area contributed by atoms with E-state index < -0.39 is 0 Å². The fraction of sp³-hybridized carbons (Fsp3) is 0. The van der Waals surface area contributed by atoms with Gasteiger partial charge in [0.15, 0.2) is 0 Å². The zero-order chi connectivity index (χ0) is 20.2. The summed E-state index contributed by atoms with van der Waals surface area (Å²) in [5, 5.41) is 2.86. The third kappa shape index (κ3) is 5.06. The second-order valence-corrected chi connectivity index (χ2v) is 6.46. The first-order valence-corrected chi connectivity index (χ1v) is 8.91. The van der Waals surface area contributed by atoms with E-state index in [1.807, 2.05) is 42.5 Å². The predicted octanol–water partition coefficient (Wildman–Crippen LogP) is 3.21. The van der Waals surface area contributed by atoms with Crippen LogP contribution in [0.3, 0.4) is 0 Å². The molecule has 0 atom stereocenters. The van der Waals surface area contributed by atoms with Crippen LogP contribution in [-0.4, -0.2) is 25.9 Å². The Bertz CT molecular complexity index is 1200. The molecule has 2 aliphatic rings. The fourth-order valence-electron chi connectivity index (χ4n) is 2.94. The Morgan fingerprint density at radius 2 is 0.967 bits per heavy atom. The number of hydrazone groups is 1. The van der Waals surface area contributed by atoms with Crippen LogP contribution in [0.4, 0.5) is 0 Å². The zero-order valence-electron chi connectivity index (χ0n) is 15.9. The summed E-state index contributed by atoms with van der Waals surface area (Å²) >= 11 is 0. The number of rotatable bonds is 0. The average molecular weight is 421 g/mol. The maximum atomic E-state index is 4.69. The quantitative estimate of drug-likeness (QED) is 0.113. The number of nitrogens with one attached hydrogen (secondary N) is 2. The van der Waals surface area contributed by atoms with Gasteiger partial charge in [-0.2, -0.15) is 0 Å². The number of aromatic nitrogens is 4. The maximum absolute atomic E-state index is 4.69. The van der Waals surface area contributed by atoms with Crippen LogP contribution in [0, 0.1) is 0 Å². The minimum Gasteiger partial charge on any atom is -0.369 e. The van der Waals surface area contributed by atoms with E-state index in [4.69, 9.17) is 11.5 Å². The summed E-state index contributed by atoms with van der Waals surface area (Å²) < 4.78 is 0. The van der Waals surface area contributed by atoms with Crippen molar-refractivity contribution in [2.45, 2.75) is 0 Å². The SMILES string of the molecule is C1=Cc2cc3ccc(cc4ccc(cc5nc(cc1n2)C=C5)[nH]4)[nH]3.Cl.NN=C(N)N. The number of nitrogens with zero attached hydrogens (tertiary/aromatic N) is 3. The maximum Gasteiger partial charge on any atom is 0.208 e. The number of aromatic amines is 2. The largest absolute Gasteiger partial charge is 0.369 e. The molecule has 3 aromatic rings. The van der Waals surface area contributed by atoms with Crippen molar-refractivity contribution in [3.05, 3.63) is 71.3 Å². The van der Waals surface area contributed by atoms with Crippen LogP contribution < -0.4 is 17.3 Å². The Kier molecular flexibility index (Phi) is 6.19. The molecule has 0 radical (unpaired) electrons. The summed E-state index contributed by atoms with van der Waals surface area (Å²) in [4.78, 5) is 16.0. The molecule has 152 valence electrons. The Labute approximate surface area is 178 Å². The van der Waals surface area contributed by atoms with Gasteiger partial charge in [0.1, 0.15) is 0 Å². The van der Waals surface area contributed by atoms with E-state index in [0.29, 0.717) is 0 Å². The van der Waals surface area contributed by atoms with Crippen molar-refractivity contribution in [3.8, 4) is 0 Å². The minimum atomic E-state index is -0.0926. The van der Waals surface area contributed by atoms with Crippen molar-refractivity contribution in [3.63, 3.8) is 0 Å². The number of halogens is 1. The number of hydrogen-bond acceptors (Lipinski definition) is 4. The van der Waals surface area contributed by atoms with Gasteiger partial charge in [0.25, 0.3) is 0 Å². The molecule has 5 rings (SSSR count). The Morgan fingerprint density at radius 3 is 1.33 bits per heavy atom. The van der Waals surface area contributed by atoms with Gasteiger partial charge in [0.05, 0.1) is 22.8 Å². The van der Waals surface area contributed by atoms with Gasteiger partial charge in [0, 0.05) is 22.1 Å². The van der Waals surface area contributed by atoms with Crippen LogP contribution in [0.15, 0.2) is 53.6 Å². The summed E-state index contributed by atoms with van der Waals surface area (Å²) in [6.07, 6.45) is 8.05. The smallest absolute Gasteiger partial charge is 0.208 e. The molecule has 0 spiro atoms. The molecule has 0 fully saturated rings. The number of hydrogen-bond donors (Lipinski definition) is 5. The predicted molar refractivity (Wildman–Crippen MR) is 126 cm³/mol. The molecule has 2 aliphatic heterocycles. The highest BCUT2D eigenvalue weighted by Crippen LogP contribution is 2.17. The molecule has 8 bridgehead atoms. The highest BCUT2D eigenvalue weighted by atomic mass is 35.5. The topological polar surface area (TPSA) is 148 Å². The Hall–Kier alpha value is -4.04. The number of fused-ring (bicyclic) bond motifs is 8. The lowest BCUT2D eigenvalue weighted by Gasteiger charge is -1.86. The first-order valence-electron chi connectivity index (χ1n) is 8.91. The van der Waals surface area contributed by atoms with Crippen molar-refractivity contribution >= 4 is 64.7 Å². The third-order valence-electron chi connectivity index (χ3n) is 4.19. The lowest BCUT2D eigenvalue weighted by molar-refractivity contribution is 1.21. The molecule has 0 aliphatic carbocycles. The first-order chi connectivity index (χ1) is 14.1. The molecular formula is C21H21ClN8. The van der Waals surface area contributed by atoms with Crippen LogP contribution >= 0.6 is 12.4 Å². The summed E-state index contributed by atoms with van der Waals surface area (Å²) in [6, 6.07) is 16.4. The van der Waals surface area contributed by atoms with Crippen molar-refractivity contribution in [2.24, 2.45) is 22.4 Å². The fourth-order valence-corrected chi connectivity index (χ4v) is 2.94. The average Bonchev–Trinajstić information content (AvgIpc) is 3.47. The number of nitrogens with two attached hydrogens (primary N) is 3. The van der Waals surface area contributed by atoms with Crippen LogP contribution in [0.2, 0.25) is 0 Å². The van der Waals surface area contributed by atoms with Gasteiger partial charge in [-0.15, -0.1) is 17.5 Å². The molecule has 8 N–H and O–H groups in total. The first kappa shape index (κ1) is 20.7. The summed E-state index contributed by atoms with van der Waals surface area (Å²) in [6.45, 7) is 0. The van der Waals surface area contributed by atoms with Gasteiger partial charge in [-0.25, -0.2) is 9.97 Å². The molecule has 5 heterocycles. The molecule has 0 unspecified atom stereocenters. The lowest BCUT2D eigenvalue weighted by atomic mass is 10.3. The van der Waals surface area contributed by atoms with Crippen molar-refractivity contribution in [2.75, 3.05) is 0 Å². The Morgan fingerprint density at radius 1 is 0.633 bits per heavy atom. The number of H-pyrrole nitrogens is 2. The van der Waals surface area contributed by atoms with E-state index in [1.54, 1.807) is 0 Å². The van der Waals surface area contributed by atoms with E-state index in [0.717, 1.165) is 44.8 Å². The highest BCUT2D eigenvalue weighted by Gasteiger charge is 2.02. The highest BCUT2D eigenvalue weighted by molar-refractivity contribution is 5.85. The van der Waals surface area contributed by atoms with E-state index in [2.05, 4.69) is 61.2 Å². The van der Waals surface area contributed by atoms with E-state index in [9.17, 15) is 0 Å². The molecule has 0 saturated carbocycles. The normalized spacial score (nSPS) is 11.2. The van der Waals surface area contributed by atoms with E-state index in [-0.39, 0.29) is 18.4 Å². The Balaban J connectivity index is 0.000000386. The minimum absolute atomic E-state index is 0. The van der Waals surface area contributed by atoms with Crippen LogP contribution in [-0.2, 0) is 0 Å². The van der Waals surface area contributed by atoms with Gasteiger partial charge >= 0.3 is 0 Å². The van der Waals surface area contributed by atoms with Crippen LogP contribution in [0.5, 0.6) is 0 Å². The van der Waals surface area contributed by atoms with Crippen molar-refractivity contribution in [1.29, 1.82) is 0 Å². The molecular weight excluding hydrogens is 400 g/mol. The molecule has 30 heavy (non-hydrogen) atoms. The van der Waals surface area contributed by atoms with Crippen molar-refractivity contribution in [1.82, 2.24) is 19.9 Å². The summed E-state index contributed by atoms with van der Waals surface area (Å²) in [5.41, 5.74) is 17.2.